The van der Waals surface area contributed by atoms with E-state index in [1.807, 2.05) is 0 Å². The van der Waals surface area contributed by atoms with Crippen molar-refractivity contribution in [3.63, 3.8) is 0 Å². The number of primary sulfonamides is 1. The van der Waals surface area contributed by atoms with E-state index in [0.29, 0.717) is 11.4 Å². The Morgan fingerprint density at radius 3 is 2.38 bits per heavy atom. The Labute approximate surface area is 180 Å². The predicted octanol–water partition coefficient (Wildman–Crippen LogP) is 3.79. The molecule has 1 unspecified atom stereocenters. The molecule has 0 aliphatic carbocycles. The monoisotopic (exact) mass is 465 g/mol. The van der Waals surface area contributed by atoms with Crippen molar-refractivity contribution in [1.82, 2.24) is 4.98 Å². The Morgan fingerprint density at radius 1 is 1.06 bits per heavy atom. The molecule has 0 spiro atoms. The van der Waals surface area contributed by atoms with Gasteiger partial charge in [-0.3, -0.25) is 0 Å². The van der Waals surface area contributed by atoms with Crippen molar-refractivity contribution in [2.75, 3.05) is 10.6 Å². The van der Waals surface area contributed by atoms with Crippen molar-refractivity contribution in [3.8, 4) is 11.1 Å². The number of halogens is 4. The molecule has 4 N–H and O–H groups in total. The molecule has 2 aromatic carbocycles. The summed E-state index contributed by atoms with van der Waals surface area (Å²) < 4.78 is 76.2. The van der Waals surface area contributed by atoms with Gasteiger partial charge in [-0.15, -0.1) is 0 Å². The van der Waals surface area contributed by atoms with E-state index in [4.69, 9.17) is 5.14 Å². The summed E-state index contributed by atoms with van der Waals surface area (Å²) in [7, 11) is -3.85. The van der Waals surface area contributed by atoms with Crippen molar-refractivity contribution >= 4 is 27.6 Å². The minimum Gasteiger partial charge on any atom is -0.347 e. The minimum atomic E-state index is -4.59. The fourth-order valence-corrected chi connectivity index (χ4v) is 3.67. The highest BCUT2D eigenvalue weighted by atomic mass is 32.2. The minimum absolute atomic E-state index is 0.0701. The lowest BCUT2D eigenvalue weighted by Gasteiger charge is -2.26. The molecule has 2 heterocycles. The molecule has 0 amide bonds. The van der Waals surface area contributed by atoms with Gasteiger partial charge in [0.15, 0.2) is 6.29 Å². The van der Waals surface area contributed by atoms with Gasteiger partial charge in [0.05, 0.1) is 16.1 Å². The lowest BCUT2D eigenvalue weighted by atomic mass is 9.97. The van der Waals surface area contributed by atoms with Gasteiger partial charge in [0.25, 0.3) is 0 Å². The summed E-state index contributed by atoms with van der Waals surface area (Å²) in [5, 5.41) is 11.1. The molecule has 1 aliphatic heterocycles. The van der Waals surface area contributed by atoms with Gasteiger partial charge in [-0.1, -0.05) is 0 Å². The molecule has 0 saturated heterocycles. The quantitative estimate of drug-likeness (QED) is 0.401. The van der Waals surface area contributed by atoms with Crippen LogP contribution in [-0.4, -0.2) is 25.9 Å². The standard InChI is InChI=1S/C20H15F4N5O2S/c21-17-6-1-11(9-26-17)16-8-13(20(22,23)24)7-12-10-27-19(29-18(12)16)28-14-2-4-15(5-3-14)32(25,30)31/h1-10,19,28-29H,(H2,25,30,31). The third-order valence-electron chi connectivity index (χ3n) is 4.66. The van der Waals surface area contributed by atoms with E-state index < -0.39 is 34.0 Å². The van der Waals surface area contributed by atoms with Crippen molar-refractivity contribution < 1.29 is 26.0 Å². The molecule has 0 radical (unpaired) electrons. The van der Waals surface area contributed by atoms with Crippen LogP contribution in [-0.2, 0) is 16.2 Å². The van der Waals surface area contributed by atoms with Crippen LogP contribution in [0.4, 0.5) is 28.9 Å². The topological polar surface area (TPSA) is 109 Å². The number of pyridine rings is 1. The first-order valence-corrected chi connectivity index (χ1v) is 10.6. The molecule has 1 aliphatic rings. The van der Waals surface area contributed by atoms with Crippen LogP contribution in [0.2, 0.25) is 0 Å². The van der Waals surface area contributed by atoms with Crippen LogP contribution in [0.15, 0.2) is 64.6 Å². The SMILES string of the molecule is NS(=O)(=O)c1ccc(NC2N=Cc3cc(C(F)(F)F)cc(-c4ccc(F)nc4)c3N2)cc1. The maximum absolute atomic E-state index is 13.4. The predicted molar refractivity (Wildman–Crippen MR) is 111 cm³/mol. The van der Waals surface area contributed by atoms with Gasteiger partial charge in [0.2, 0.25) is 16.0 Å². The lowest BCUT2D eigenvalue weighted by Crippen LogP contribution is -2.30. The lowest BCUT2D eigenvalue weighted by molar-refractivity contribution is -0.137. The van der Waals surface area contributed by atoms with E-state index >= 15 is 0 Å². The molecule has 166 valence electrons. The van der Waals surface area contributed by atoms with E-state index in [-0.39, 0.29) is 21.6 Å². The molecule has 0 fully saturated rings. The average Bonchev–Trinajstić information content (AvgIpc) is 2.73. The number of nitrogens with zero attached hydrogens (tertiary/aromatic N) is 2. The van der Waals surface area contributed by atoms with E-state index in [1.54, 1.807) is 0 Å². The Bertz CT molecular complexity index is 1290. The van der Waals surface area contributed by atoms with Crippen LogP contribution in [0.1, 0.15) is 11.1 Å². The molecule has 1 aromatic heterocycles. The van der Waals surface area contributed by atoms with Gasteiger partial charge in [-0.05, 0) is 48.5 Å². The molecule has 0 bridgehead atoms. The highest BCUT2D eigenvalue weighted by Gasteiger charge is 2.33. The summed E-state index contributed by atoms with van der Waals surface area (Å²) in [5.41, 5.74) is 0.612. The van der Waals surface area contributed by atoms with Crippen LogP contribution >= 0.6 is 0 Å². The maximum atomic E-state index is 13.4. The van der Waals surface area contributed by atoms with Crippen LogP contribution in [0.5, 0.6) is 0 Å². The van der Waals surface area contributed by atoms with E-state index in [0.717, 1.165) is 24.4 Å². The number of anilines is 2. The van der Waals surface area contributed by atoms with Crippen LogP contribution in [0.3, 0.4) is 0 Å². The van der Waals surface area contributed by atoms with Crippen molar-refractivity contribution in [2.45, 2.75) is 17.4 Å². The number of hydrogen-bond acceptors (Lipinski definition) is 6. The highest BCUT2D eigenvalue weighted by Crippen LogP contribution is 2.39. The third-order valence-corrected chi connectivity index (χ3v) is 5.59. The third kappa shape index (κ3) is 4.55. The Kier molecular flexibility index (Phi) is 5.34. The van der Waals surface area contributed by atoms with Crippen molar-refractivity contribution in [2.24, 2.45) is 10.1 Å². The van der Waals surface area contributed by atoms with Gasteiger partial charge >= 0.3 is 6.18 Å². The van der Waals surface area contributed by atoms with E-state index in [1.165, 1.54) is 36.5 Å². The first-order valence-electron chi connectivity index (χ1n) is 9.07. The van der Waals surface area contributed by atoms with E-state index in [9.17, 15) is 26.0 Å². The first kappa shape index (κ1) is 21.7. The van der Waals surface area contributed by atoms with Crippen LogP contribution < -0.4 is 15.8 Å². The van der Waals surface area contributed by atoms with Gasteiger partial charge in [-0.2, -0.15) is 17.6 Å². The number of fused-ring (bicyclic) bond motifs is 1. The average molecular weight is 465 g/mol. The number of nitrogens with one attached hydrogen (secondary N) is 2. The number of aromatic nitrogens is 1. The zero-order valence-electron chi connectivity index (χ0n) is 16.1. The second kappa shape index (κ2) is 7.88. The summed E-state index contributed by atoms with van der Waals surface area (Å²) in [6, 6.07) is 9.88. The molecule has 4 rings (SSSR count). The Morgan fingerprint density at radius 2 is 1.78 bits per heavy atom. The number of nitrogens with two attached hydrogens (primary N) is 1. The van der Waals surface area contributed by atoms with Crippen LogP contribution in [0, 0.1) is 5.95 Å². The normalized spacial score (nSPS) is 15.7. The molecule has 1 atom stereocenters. The second-order valence-corrected chi connectivity index (χ2v) is 8.46. The Balaban J connectivity index is 1.68. The molecule has 32 heavy (non-hydrogen) atoms. The van der Waals surface area contributed by atoms with Crippen LogP contribution in [0.25, 0.3) is 11.1 Å². The first-order chi connectivity index (χ1) is 15.0. The fourth-order valence-electron chi connectivity index (χ4n) is 3.15. The Hall–Kier alpha value is -3.51. The maximum Gasteiger partial charge on any atom is 0.416 e. The second-order valence-electron chi connectivity index (χ2n) is 6.89. The summed E-state index contributed by atoms with van der Waals surface area (Å²) >= 11 is 0. The number of hydrogen-bond donors (Lipinski definition) is 3. The largest absolute Gasteiger partial charge is 0.416 e. The smallest absolute Gasteiger partial charge is 0.347 e. The number of aliphatic imine (C=N–C) groups is 1. The fraction of sp³-hybridized carbons (Fsp3) is 0.100. The summed E-state index contributed by atoms with van der Waals surface area (Å²) in [5.74, 6) is -0.758. The van der Waals surface area contributed by atoms with Crippen molar-refractivity contribution in [3.05, 3.63) is 71.8 Å². The molecule has 12 heteroatoms. The number of rotatable bonds is 4. The van der Waals surface area contributed by atoms with Gasteiger partial charge in [0.1, 0.15) is 0 Å². The number of alkyl halides is 3. The van der Waals surface area contributed by atoms with Gasteiger partial charge in [-0.25, -0.2) is 23.5 Å². The molecule has 7 nitrogen and oxygen atoms in total. The summed E-state index contributed by atoms with van der Waals surface area (Å²) in [6.45, 7) is 0. The number of sulfonamides is 1. The molecular weight excluding hydrogens is 450 g/mol. The highest BCUT2D eigenvalue weighted by molar-refractivity contribution is 7.89. The van der Waals surface area contributed by atoms with Crippen molar-refractivity contribution in [1.29, 1.82) is 0 Å². The van der Waals surface area contributed by atoms with Gasteiger partial charge in [0, 0.05) is 34.8 Å². The zero-order valence-corrected chi connectivity index (χ0v) is 16.9. The number of benzene rings is 2. The summed E-state index contributed by atoms with van der Waals surface area (Å²) in [6.07, 6.45) is -2.93. The molecular formula is C20H15F4N5O2S. The zero-order chi connectivity index (χ0) is 23.1. The van der Waals surface area contributed by atoms with E-state index in [2.05, 4.69) is 20.6 Å². The molecule has 3 aromatic rings. The molecule has 0 saturated carbocycles. The summed E-state index contributed by atoms with van der Waals surface area (Å²) in [4.78, 5) is 7.63. The van der Waals surface area contributed by atoms with Gasteiger partial charge < -0.3 is 10.6 Å².